The molecule has 1 heterocycles. The lowest BCUT2D eigenvalue weighted by molar-refractivity contribution is 0.554. The molecule has 10 heteroatoms. The second-order valence-corrected chi connectivity index (χ2v) is 9.52. The molecule has 0 spiro atoms. The van der Waals surface area contributed by atoms with Crippen molar-refractivity contribution in [3.63, 3.8) is 0 Å². The van der Waals surface area contributed by atoms with Crippen LogP contribution >= 0.6 is 23.2 Å². The van der Waals surface area contributed by atoms with E-state index in [1.54, 1.807) is 12.1 Å². The third-order valence-corrected chi connectivity index (χ3v) is 7.59. The maximum absolute atomic E-state index is 14.6. The zero-order valence-corrected chi connectivity index (χ0v) is 18.8. The fourth-order valence-corrected chi connectivity index (χ4v) is 5.52. The van der Waals surface area contributed by atoms with Crippen molar-refractivity contribution in [3.8, 4) is 0 Å². The Morgan fingerprint density at radius 1 is 0.938 bits per heavy atom. The second kappa shape index (κ2) is 8.61. The number of rotatable bonds is 5. The monoisotopic (exact) mass is 493 g/mol. The maximum atomic E-state index is 14.6. The summed E-state index contributed by atoms with van der Waals surface area (Å²) in [6.45, 7) is 1.49. The molecule has 0 amide bonds. The molecular formula is C22H15Cl2F2N3O2S. The molecule has 1 aromatic heterocycles. The number of para-hydroxylation sites is 1. The first-order chi connectivity index (χ1) is 15.2. The molecule has 0 radical (unpaired) electrons. The predicted molar refractivity (Wildman–Crippen MR) is 120 cm³/mol. The second-order valence-electron chi connectivity index (χ2n) is 6.92. The summed E-state index contributed by atoms with van der Waals surface area (Å²) in [5, 5.41) is 0.346. The van der Waals surface area contributed by atoms with Crippen molar-refractivity contribution in [1.29, 1.82) is 0 Å². The van der Waals surface area contributed by atoms with E-state index in [1.807, 2.05) is 0 Å². The summed E-state index contributed by atoms with van der Waals surface area (Å²) in [4.78, 5) is 8.21. The summed E-state index contributed by atoms with van der Waals surface area (Å²) in [5.74, 6) is -1.65. The van der Waals surface area contributed by atoms with E-state index >= 15 is 0 Å². The third-order valence-electron chi connectivity index (χ3n) is 4.92. The van der Waals surface area contributed by atoms with Gasteiger partial charge in [0.1, 0.15) is 22.0 Å². The van der Waals surface area contributed by atoms with Crippen molar-refractivity contribution in [2.45, 2.75) is 17.9 Å². The van der Waals surface area contributed by atoms with Crippen molar-refractivity contribution in [1.82, 2.24) is 9.97 Å². The van der Waals surface area contributed by atoms with Gasteiger partial charge in [-0.05, 0) is 43.3 Å². The average molecular weight is 494 g/mol. The van der Waals surface area contributed by atoms with E-state index in [-0.39, 0.29) is 31.7 Å². The summed E-state index contributed by atoms with van der Waals surface area (Å²) in [6, 6.07) is 10.8. The first-order valence-corrected chi connectivity index (χ1v) is 11.5. The number of nitrogens with zero attached hydrogens (tertiary/aromatic N) is 3. The largest absolute Gasteiger partial charge is 0.267 e. The minimum Gasteiger partial charge on any atom is -0.259 e. The van der Waals surface area contributed by atoms with Crippen LogP contribution in [0.2, 0.25) is 10.0 Å². The number of fused-ring (bicyclic) bond motifs is 1. The smallest absolute Gasteiger partial charge is 0.259 e. The van der Waals surface area contributed by atoms with Gasteiger partial charge in [-0.25, -0.2) is 17.2 Å². The lowest BCUT2D eigenvalue weighted by Gasteiger charge is -2.31. The Kier molecular flexibility index (Phi) is 6.03. The number of halogens is 4. The van der Waals surface area contributed by atoms with Crippen LogP contribution in [-0.2, 0) is 10.0 Å². The third kappa shape index (κ3) is 4.01. The molecule has 0 saturated carbocycles. The summed E-state index contributed by atoms with van der Waals surface area (Å²) < 4.78 is 57.0. The molecule has 0 aliphatic rings. The van der Waals surface area contributed by atoms with Gasteiger partial charge in [0.05, 0.1) is 27.3 Å². The zero-order chi connectivity index (χ0) is 23.0. The SMILES string of the molecule is C[C@H](c1ccc(F)cc1F)N(c1ccc(Cl)c(Cl)c1)S(=O)(=O)c1cccc2nccnc12. The zero-order valence-electron chi connectivity index (χ0n) is 16.5. The molecule has 5 nitrogen and oxygen atoms in total. The van der Waals surface area contributed by atoms with E-state index in [2.05, 4.69) is 9.97 Å². The predicted octanol–water partition coefficient (Wildman–Crippen LogP) is 6.17. The van der Waals surface area contributed by atoms with Crippen LogP contribution in [0.4, 0.5) is 14.5 Å². The fraction of sp³-hybridized carbons (Fsp3) is 0.0909. The molecule has 4 aromatic rings. The van der Waals surface area contributed by atoms with Crippen molar-refractivity contribution < 1.29 is 17.2 Å². The molecule has 0 fully saturated rings. The van der Waals surface area contributed by atoms with Gasteiger partial charge < -0.3 is 0 Å². The van der Waals surface area contributed by atoms with Crippen molar-refractivity contribution >= 4 is 49.9 Å². The van der Waals surface area contributed by atoms with Crippen LogP contribution in [0.3, 0.4) is 0 Å². The standard InChI is InChI=1S/C22H15Cl2F2N3O2S/c1-13(16-7-5-14(25)11-19(16)26)29(15-6-8-17(23)18(24)12-15)32(30,31)21-4-2-3-20-22(21)28-10-9-27-20/h2-13H,1H3/t13-/m1/s1. The molecule has 3 aromatic carbocycles. The average Bonchev–Trinajstić information content (AvgIpc) is 2.75. The minimum atomic E-state index is -4.32. The molecule has 164 valence electrons. The Balaban J connectivity index is 1.97. The first-order valence-electron chi connectivity index (χ1n) is 9.34. The Morgan fingerprint density at radius 2 is 1.69 bits per heavy atom. The molecule has 0 saturated heterocycles. The number of benzene rings is 3. The van der Waals surface area contributed by atoms with E-state index in [9.17, 15) is 17.2 Å². The summed E-state index contributed by atoms with van der Waals surface area (Å²) in [5.41, 5.74) is 0.666. The lowest BCUT2D eigenvalue weighted by Crippen LogP contribution is -2.34. The molecule has 0 unspecified atom stereocenters. The van der Waals surface area contributed by atoms with Crippen LogP contribution in [0.1, 0.15) is 18.5 Å². The number of anilines is 1. The normalized spacial score (nSPS) is 12.7. The number of hydrogen-bond donors (Lipinski definition) is 0. The van der Waals surface area contributed by atoms with Crippen LogP contribution < -0.4 is 4.31 Å². The van der Waals surface area contributed by atoms with Gasteiger partial charge in [-0.2, -0.15) is 0 Å². The van der Waals surface area contributed by atoms with Gasteiger partial charge in [-0.1, -0.05) is 35.3 Å². The Morgan fingerprint density at radius 3 is 2.41 bits per heavy atom. The Bertz CT molecular complexity index is 1430. The minimum absolute atomic E-state index is 0.0210. The summed E-state index contributed by atoms with van der Waals surface area (Å²) >= 11 is 12.2. The van der Waals surface area contributed by atoms with Crippen LogP contribution in [0, 0.1) is 11.6 Å². The lowest BCUT2D eigenvalue weighted by atomic mass is 10.1. The van der Waals surface area contributed by atoms with E-state index < -0.39 is 27.7 Å². The van der Waals surface area contributed by atoms with E-state index in [4.69, 9.17) is 23.2 Å². The highest BCUT2D eigenvalue weighted by Gasteiger charge is 2.33. The molecular weight excluding hydrogens is 479 g/mol. The van der Waals surface area contributed by atoms with Crippen molar-refractivity contribution in [2.24, 2.45) is 0 Å². The molecule has 0 bridgehead atoms. The summed E-state index contributed by atoms with van der Waals surface area (Å²) in [6.07, 6.45) is 2.83. The van der Waals surface area contributed by atoms with Gasteiger partial charge >= 0.3 is 0 Å². The fourth-order valence-electron chi connectivity index (χ4n) is 3.44. The van der Waals surface area contributed by atoms with Gasteiger partial charge in [0, 0.05) is 24.0 Å². The number of aromatic nitrogens is 2. The van der Waals surface area contributed by atoms with Gasteiger partial charge in [0.15, 0.2) is 0 Å². The van der Waals surface area contributed by atoms with Crippen molar-refractivity contribution in [3.05, 3.63) is 94.2 Å². The van der Waals surface area contributed by atoms with Crippen LogP contribution in [0.25, 0.3) is 11.0 Å². The van der Waals surface area contributed by atoms with Crippen LogP contribution in [0.5, 0.6) is 0 Å². The van der Waals surface area contributed by atoms with Gasteiger partial charge in [-0.15, -0.1) is 0 Å². The Labute approximate surface area is 193 Å². The van der Waals surface area contributed by atoms with E-state index in [1.165, 1.54) is 49.6 Å². The highest BCUT2D eigenvalue weighted by molar-refractivity contribution is 7.93. The molecule has 0 N–H and O–H groups in total. The van der Waals surface area contributed by atoms with Crippen LogP contribution in [-0.4, -0.2) is 18.4 Å². The molecule has 32 heavy (non-hydrogen) atoms. The number of sulfonamides is 1. The highest BCUT2D eigenvalue weighted by Crippen LogP contribution is 2.38. The molecule has 0 aliphatic heterocycles. The number of hydrogen-bond acceptors (Lipinski definition) is 4. The highest BCUT2D eigenvalue weighted by atomic mass is 35.5. The van der Waals surface area contributed by atoms with Gasteiger partial charge in [-0.3, -0.25) is 14.3 Å². The van der Waals surface area contributed by atoms with E-state index in [0.717, 1.165) is 10.4 Å². The van der Waals surface area contributed by atoms with Crippen molar-refractivity contribution in [2.75, 3.05) is 4.31 Å². The van der Waals surface area contributed by atoms with Gasteiger partial charge in [0.2, 0.25) is 0 Å². The topological polar surface area (TPSA) is 63.2 Å². The molecule has 1 atom stereocenters. The van der Waals surface area contributed by atoms with E-state index in [0.29, 0.717) is 11.6 Å². The summed E-state index contributed by atoms with van der Waals surface area (Å²) in [7, 11) is -4.32. The first kappa shape index (κ1) is 22.4. The van der Waals surface area contributed by atoms with Crippen LogP contribution in [0.15, 0.2) is 71.9 Å². The van der Waals surface area contributed by atoms with Gasteiger partial charge in [0.25, 0.3) is 10.0 Å². The molecule has 4 rings (SSSR count). The Hall–Kier alpha value is -2.81. The molecule has 0 aliphatic carbocycles. The maximum Gasteiger partial charge on any atom is 0.267 e. The quantitative estimate of drug-likeness (QED) is 0.333.